The molecule has 13 heteroatoms. The first kappa shape index (κ1) is 36.1. The average Bonchev–Trinajstić information content (AvgIpc) is 3.26. The summed E-state index contributed by atoms with van der Waals surface area (Å²) in [7, 11) is 0. The van der Waals surface area contributed by atoms with Crippen molar-refractivity contribution in [2.24, 2.45) is 34.5 Å². The summed E-state index contributed by atoms with van der Waals surface area (Å²) in [5.41, 5.74) is -1.91. The molecule has 0 bridgehead atoms. The molecule has 4 rings (SSSR count). The van der Waals surface area contributed by atoms with Crippen molar-refractivity contribution < 1.29 is 48.8 Å². The first-order valence-corrected chi connectivity index (χ1v) is 16.9. The van der Waals surface area contributed by atoms with Crippen LogP contribution in [0.15, 0.2) is 11.6 Å². The fourth-order valence-corrected chi connectivity index (χ4v) is 9.18. The number of esters is 1. The van der Waals surface area contributed by atoms with Gasteiger partial charge in [0.1, 0.15) is 17.7 Å². The molecule has 0 radical (unpaired) electrons. The molecule has 3 fully saturated rings. The summed E-state index contributed by atoms with van der Waals surface area (Å²) < 4.78 is 5.20. The summed E-state index contributed by atoms with van der Waals surface area (Å²) in [4.78, 5) is 74.5. The van der Waals surface area contributed by atoms with E-state index in [4.69, 9.17) is 9.84 Å². The number of Topliss-reactive ketones (excluding diaryl/α,β-unsaturated/α-hetero) is 1. The number of carbonyl (C=O) groups is 6. The number of hydrogen-bond donors (Lipinski definition) is 6. The van der Waals surface area contributed by atoms with E-state index in [2.05, 4.69) is 30.2 Å². The Morgan fingerprint density at radius 1 is 1.07 bits per heavy atom. The number of thiol groups is 1. The molecule has 46 heavy (non-hydrogen) atoms. The van der Waals surface area contributed by atoms with Crippen molar-refractivity contribution in [1.29, 1.82) is 0 Å². The maximum Gasteiger partial charge on any atom is 0.327 e. The molecule has 0 unspecified atom stereocenters. The van der Waals surface area contributed by atoms with Crippen molar-refractivity contribution in [2.75, 3.05) is 12.4 Å². The van der Waals surface area contributed by atoms with Gasteiger partial charge in [-0.05, 0) is 73.7 Å². The largest absolute Gasteiger partial charge is 0.480 e. The molecular weight excluding hydrogens is 616 g/mol. The standard InChI is InChI=1S/C33H48N2O10S/c1-17(2)28(29(41)34-22(16-46)30(42)43)35-25(39)7-8-26(40)45-15-24(38)33(44)12-10-21-20-6-5-18-13-19(36)9-11-31(18,3)27(20)23(37)14-32(21,33)4/h13,17,20-23,27-28,37,44,46H,5-12,14-16H2,1-4H3,(H,34,41)(H,35,39)(H,42,43)/t20-,21+,22-,23+,27+,28-,31+,32+,33+/m1/s1. The van der Waals surface area contributed by atoms with E-state index >= 15 is 0 Å². The van der Waals surface area contributed by atoms with Crippen LogP contribution in [0.5, 0.6) is 0 Å². The van der Waals surface area contributed by atoms with Crippen LogP contribution in [0, 0.1) is 34.5 Å². The number of nitrogens with one attached hydrogen (secondary N) is 2. The first-order chi connectivity index (χ1) is 21.5. The van der Waals surface area contributed by atoms with Crippen LogP contribution in [0.3, 0.4) is 0 Å². The molecule has 0 aliphatic heterocycles. The Bertz CT molecular complexity index is 1300. The summed E-state index contributed by atoms with van der Waals surface area (Å²) in [5.74, 6) is -4.45. The lowest BCUT2D eigenvalue weighted by Crippen LogP contribution is -2.62. The molecule has 4 aliphatic carbocycles. The number of ketones is 2. The van der Waals surface area contributed by atoms with Crippen LogP contribution in [0.4, 0.5) is 0 Å². The fraction of sp³-hybridized carbons (Fsp3) is 0.758. The van der Waals surface area contributed by atoms with E-state index in [1.165, 1.54) is 0 Å². The molecule has 4 aliphatic rings. The van der Waals surface area contributed by atoms with Crippen LogP contribution in [-0.4, -0.2) is 86.8 Å². The van der Waals surface area contributed by atoms with Crippen molar-refractivity contribution in [2.45, 2.75) is 109 Å². The van der Waals surface area contributed by atoms with E-state index in [1.54, 1.807) is 19.9 Å². The third-order valence-corrected chi connectivity index (χ3v) is 11.9. The van der Waals surface area contributed by atoms with Gasteiger partial charge in [-0.1, -0.05) is 33.3 Å². The van der Waals surface area contributed by atoms with E-state index in [-0.39, 0.29) is 66.3 Å². The highest BCUT2D eigenvalue weighted by molar-refractivity contribution is 7.80. The Hall–Kier alpha value is -2.77. The minimum absolute atomic E-state index is 0.0186. The lowest BCUT2D eigenvalue weighted by molar-refractivity contribution is -0.184. The molecule has 256 valence electrons. The third kappa shape index (κ3) is 6.64. The van der Waals surface area contributed by atoms with E-state index in [0.717, 1.165) is 18.4 Å². The van der Waals surface area contributed by atoms with E-state index in [1.807, 2.05) is 6.92 Å². The van der Waals surface area contributed by atoms with Crippen LogP contribution in [0.25, 0.3) is 0 Å². The van der Waals surface area contributed by atoms with Gasteiger partial charge in [-0.25, -0.2) is 4.79 Å². The van der Waals surface area contributed by atoms with Crippen molar-refractivity contribution in [1.82, 2.24) is 10.6 Å². The van der Waals surface area contributed by atoms with E-state index in [9.17, 15) is 39.0 Å². The van der Waals surface area contributed by atoms with Gasteiger partial charge in [-0.2, -0.15) is 12.6 Å². The molecule has 0 spiro atoms. The number of carboxylic acid groups (broad SMARTS) is 1. The SMILES string of the molecule is CC(C)[C@@H](NC(=O)CCC(=O)OCC(=O)[C@@]1(O)CC[C@H]2[C@H]3CCC4=CC(=O)CC[C@]4(C)[C@@H]3[C@@H](O)C[C@@]21C)C(=O)N[C@H](CS)C(=O)O. The van der Waals surface area contributed by atoms with Crippen LogP contribution >= 0.6 is 12.6 Å². The lowest BCUT2D eigenvalue weighted by atomic mass is 9.45. The Kier molecular flexibility index (Phi) is 10.8. The maximum absolute atomic E-state index is 13.5. The monoisotopic (exact) mass is 664 g/mol. The van der Waals surface area contributed by atoms with Gasteiger partial charge in [-0.15, -0.1) is 0 Å². The van der Waals surface area contributed by atoms with Gasteiger partial charge in [0, 0.05) is 24.0 Å². The van der Waals surface area contributed by atoms with Crippen LogP contribution in [-0.2, 0) is 33.5 Å². The highest BCUT2D eigenvalue weighted by Crippen LogP contribution is 2.67. The minimum Gasteiger partial charge on any atom is -0.480 e. The Balaban J connectivity index is 1.33. The smallest absolute Gasteiger partial charge is 0.327 e. The molecule has 5 N–H and O–H groups in total. The second-order valence-corrected chi connectivity index (χ2v) is 14.8. The predicted octanol–water partition coefficient (Wildman–Crippen LogP) is 1.75. The summed E-state index contributed by atoms with van der Waals surface area (Å²) in [6.07, 6.45) is 3.94. The summed E-state index contributed by atoms with van der Waals surface area (Å²) >= 11 is 3.92. The number of hydrogen-bond acceptors (Lipinski definition) is 10. The second-order valence-electron chi connectivity index (χ2n) is 14.4. The van der Waals surface area contributed by atoms with Gasteiger partial charge in [-0.3, -0.25) is 24.0 Å². The molecule has 0 aromatic carbocycles. The summed E-state index contributed by atoms with van der Waals surface area (Å²) in [5, 5.41) is 37.4. The summed E-state index contributed by atoms with van der Waals surface area (Å²) in [6, 6.07) is -2.27. The highest BCUT2D eigenvalue weighted by Gasteiger charge is 2.68. The van der Waals surface area contributed by atoms with Gasteiger partial charge >= 0.3 is 11.9 Å². The van der Waals surface area contributed by atoms with Crippen LogP contribution in [0.1, 0.15) is 85.5 Å². The zero-order chi connectivity index (χ0) is 34.2. The number of rotatable bonds is 12. The number of aliphatic hydroxyl groups is 2. The second kappa shape index (κ2) is 13.8. The number of fused-ring (bicyclic) bond motifs is 5. The molecule has 0 heterocycles. The van der Waals surface area contributed by atoms with Gasteiger partial charge < -0.3 is 30.7 Å². The number of carboxylic acids is 1. The van der Waals surface area contributed by atoms with Crippen LogP contribution < -0.4 is 10.6 Å². The van der Waals surface area contributed by atoms with Gasteiger partial charge in [0.05, 0.1) is 12.5 Å². The first-order valence-electron chi connectivity index (χ1n) is 16.2. The number of aliphatic carboxylic acids is 1. The molecule has 0 saturated heterocycles. The van der Waals surface area contributed by atoms with Crippen molar-refractivity contribution >= 4 is 47.9 Å². The minimum atomic E-state index is -1.79. The molecule has 9 atom stereocenters. The number of ether oxygens (including phenoxy) is 1. The molecule has 12 nitrogen and oxygen atoms in total. The zero-order valence-corrected chi connectivity index (χ0v) is 27.9. The Morgan fingerprint density at radius 3 is 2.39 bits per heavy atom. The molecule has 0 aromatic heterocycles. The third-order valence-electron chi connectivity index (χ3n) is 11.5. The zero-order valence-electron chi connectivity index (χ0n) is 27.0. The Morgan fingerprint density at radius 2 is 1.76 bits per heavy atom. The van der Waals surface area contributed by atoms with E-state index < -0.39 is 65.3 Å². The van der Waals surface area contributed by atoms with E-state index in [0.29, 0.717) is 19.3 Å². The average molecular weight is 665 g/mol. The normalized spacial score (nSPS) is 34.7. The maximum atomic E-state index is 13.5. The molecule has 3 saturated carbocycles. The Labute approximate surface area is 274 Å². The van der Waals surface area contributed by atoms with Crippen molar-refractivity contribution in [3.63, 3.8) is 0 Å². The van der Waals surface area contributed by atoms with Crippen molar-refractivity contribution in [3.05, 3.63) is 11.6 Å². The molecular formula is C33H48N2O10S. The number of amides is 2. The van der Waals surface area contributed by atoms with Gasteiger partial charge in [0.15, 0.2) is 12.4 Å². The van der Waals surface area contributed by atoms with Gasteiger partial charge in [0.2, 0.25) is 17.6 Å². The molecule has 2 amide bonds. The lowest BCUT2D eigenvalue weighted by Gasteiger charge is -2.60. The number of aliphatic hydroxyl groups excluding tert-OH is 1. The quantitative estimate of drug-likeness (QED) is 0.132. The number of allylic oxidation sites excluding steroid dienone is 1. The van der Waals surface area contributed by atoms with Crippen molar-refractivity contribution in [3.8, 4) is 0 Å². The predicted molar refractivity (Wildman–Crippen MR) is 168 cm³/mol. The topological polar surface area (TPSA) is 196 Å². The fourth-order valence-electron chi connectivity index (χ4n) is 8.93. The molecule has 0 aromatic rings. The van der Waals surface area contributed by atoms with Crippen LogP contribution in [0.2, 0.25) is 0 Å². The number of carbonyl (C=O) groups excluding carboxylic acids is 5. The summed E-state index contributed by atoms with van der Waals surface area (Å²) in [6.45, 7) is 6.66. The highest BCUT2D eigenvalue weighted by atomic mass is 32.1. The van der Waals surface area contributed by atoms with Gasteiger partial charge in [0.25, 0.3) is 0 Å².